The molecule has 0 aromatic heterocycles. The average molecular weight is 390 g/mol. The van der Waals surface area contributed by atoms with Gasteiger partial charge in [-0.25, -0.2) is 12.8 Å². The minimum atomic E-state index is -4.12. The number of hydrogen-bond donors (Lipinski definition) is 2. The van der Waals surface area contributed by atoms with Crippen molar-refractivity contribution in [1.29, 1.82) is 0 Å². The summed E-state index contributed by atoms with van der Waals surface area (Å²) in [6.45, 7) is 1.46. The van der Waals surface area contributed by atoms with Crippen molar-refractivity contribution in [1.82, 2.24) is 10.0 Å². The first-order valence-corrected chi connectivity index (χ1v) is 10.5. The van der Waals surface area contributed by atoms with Gasteiger partial charge in [0.15, 0.2) is 0 Å². The van der Waals surface area contributed by atoms with Gasteiger partial charge in [-0.3, -0.25) is 4.79 Å². The molecule has 0 aliphatic heterocycles. The molecule has 1 unspecified atom stereocenters. The van der Waals surface area contributed by atoms with Gasteiger partial charge in [0, 0.05) is 6.04 Å². The fraction of sp³-hybridized carbons (Fsp3) is 0.350. The van der Waals surface area contributed by atoms with Gasteiger partial charge < -0.3 is 5.32 Å². The zero-order valence-electron chi connectivity index (χ0n) is 15.1. The van der Waals surface area contributed by atoms with E-state index in [1.807, 2.05) is 30.3 Å². The Kier molecular flexibility index (Phi) is 5.92. The number of nitrogens with one attached hydrogen (secondary N) is 2. The number of sulfonamides is 1. The third kappa shape index (κ3) is 5.14. The lowest BCUT2D eigenvalue weighted by Gasteiger charge is -2.21. The van der Waals surface area contributed by atoms with Crippen LogP contribution in [0, 0.1) is 11.7 Å². The normalized spacial score (nSPS) is 16.5. The highest BCUT2D eigenvalue weighted by Crippen LogP contribution is 2.34. The zero-order chi connectivity index (χ0) is 19.4. The standard InChI is InChI=1S/C20H23FN2O3S/c1-14(23-27(25,26)19-10-6-5-9-17(19)21)20(24)22-18(16-11-12-16)13-15-7-3-2-4-8-15/h2-10,14,16,18,23H,11-13H2,1H3,(H,22,24)/t14-,18?/m0/s1. The number of carbonyl (C=O) groups is 1. The van der Waals surface area contributed by atoms with Crippen molar-refractivity contribution in [3.8, 4) is 0 Å². The molecule has 3 rings (SSSR count). The number of halogens is 1. The molecule has 0 saturated heterocycles. The van der Waals surface area contributed by atoms with E-state index in [1.54, 1.807) is 0 Å². The van der Waals surface area contributed by atoms with Gasteiger partial charge in [0.25, 0.3) is 0 Å². The Morgan fingerprint density at radius 2 is 1.74 bits per heavy atom. The van der Waals surface area contributed by atoms with Gasteiger partial charge in [0.2, 0.25) is 15.9 Å². The second-order valence-corrected chi connectivity index (χ2v) is 8.60. The quantitative estimate of drug-likeness (QED) is 0.728. The fourth-order valence-corrected chi connectivity index (χ4v) is 4.30. The molecule has 1 aliphatic rings. The summed E-state index contributed by atoms with van der Waals surface area (Å²) in [6.07, 6.45) is 2.80. The maximum atomic E-state index is 13.8. The van der Waals surface area contributed by atoms with Crippen LogP contribution in [0.15, 0.2) is 59.5 Å². The van der Waals surface area contributed by atoms with Gasteiger partial charge in [-0.1, -0.05) is 42.5 Å². The minimum absolute atomic E-state index is 0.0414. The van der Waals surface area contributed by atoms with E-state index in [2.05, 4.69) is 10.0 Å². The number of rotatable bonds is 8. The second-order valence-electron chi connectivity index (χ2n) is 6.92. The number of benzene rings is 2. The van der Waals surface area contributed by atoms with Crippen LogP contribution < -0.4 is 10.0 Å². The summed E-state index contributed by atoms with van der Waals surface area (Å²) in [6, 6.07) is 13.9. The second kappa shape index (κ2) is 8.19. The average Bonchev–Trinajstić information content (AvgIpc) is 3.47. The molecule has 2 aromatic rings. The maximum Gasteiger partial charge on any atom is 0.244 e. The molecule has 0 spiro atoms. The Morgan fingerprint density at radius 3 is 2.37 bits per heavy atom. The van der Waals surface area contributed by atoms with Crippen molar-refractivity contribution in [3.05, 3.63) is 66.0 Å². The summed E-state index contributed by atoms with van der Waals surface area (Å²) in [4.78, 5) is 12.1. The van der Waals surface area contributed by atoms with Crippen LogP contribution in [0.3, 0.4) is 0 Å². The van der Waals surface area contributed by atoms with Crippen molar-refractivity contribution in [2.45, 2.75) is 43.2 Å². The fourth-order valence-electron chi connectivity index (χ4n) is 3.02. The van der Waals surface area contributed by atoms with Gasteiger partial charge in [-0.2, -0.15) is 4.72 Å². The molecule has 1 fully saturated rings. The van der Waals surface area contributed by atoms with E-state index >= 15 is 0 Å². The van der Waals surface area contributed by atoms with Gasteiger partial charge in [-0.15, -0.1) is 0 Å². The molecule has 1 aliphatic carbocycles. The van der Waals surface area contributed by atoms with Crippen molar-refractivity contribution in [3.63, 3.8) is 0 Å². The van der Waals surface area contributed by atoms with E-state index in [4.69, 9.17) is 0 Å². The molecule has 2 atom stereocenters. The summed E-state index contributed by atoms with van der Waals surface area (Å²) in [5.74, 6) is -0.857. The molecule has 0 radical (unpaired) electrons. The highest BCUT2D eigenvalue weighted by molar-refractivity contribution is 7.89. The smallest absolute Gasteiger partial charge is 0.244 e. The topological polar surface area (TPSA) is 75.3 Å². The summed E-state index contributed by atoms with van der Waals surface area (Å²) in [5.41, 5.74) is 1.12. The summed E-state index contributed by atoms with van der Waals surface area (Å²) in [7, 11) is -4.12. The van der Waals surface area contributed by atoms with Gasteiger partial charge >= 0.3 is 0 Å². The molecular weight excluding hydrogens is 367 g/mol. The molecule has 27 heavy (non-hydrogen) atoms. The molecule has 7 heteroatoms. The van der Waals surface area contributed by atoms with E-state index in [-0.39, 0.29) is 6.04 Å². The van der Waals surface area contributed by atoms with E-state index in [0.29, 0.717) is 12.3 Å². The third-order valence-electron chi connectivity index (χ3n) is 4.67. The summed E-state index contributed by atoms with van der Waals surface area (Å²) < 4.78 is 40.8. The Morgan fingerprint density at radius 1 is 1.11 bits per heavy atom. The lowest BCUT2D eigenvalue weighted by Crippen LogP contribution is -2.49. The number of amides is 1. The van der Waals surface area contributed by atoms with Crippen LogP contribution in [0.1, 0.15) is 25.3 Å². The summed E-state index contributed by atoms with van der Waals surface area (Å²) >= 11 is 0. The largest absolute Gasteiger partial charge is 0.351 e. The van der Waals surface area contributed by atoms with Crippen LogP contribution in [-0.2, 0) is 21.2 Å². The van der Waals surface area contributed by atoms with E-state index in [0.717, 1.165) is 24.5 Å². The number of carbonyl (C=O) groups excluding carboxylic acids is 1. The lowest BCUT2D eigenvalue weighted by molar-refractivity contribution is -0.123. The predicted octanol–water partition coefficient (Wildman–Crippen LogP) is 2.63. The van der Waals surface area contributed by atoms with Crippen LogP contribution in [0.2, 0.25) is 0 Å². The minimum Gasteiger partial charge on any atom is -0.351 e. The van der Waals surface area contributed by atoms with Crippen LogP contribution in [0.25, 0.3) is 0 Å². The summed E-state index contributed by atoms with van der Waals surface area (Å²) in [5, 5.41) is 2.96. The Labute approximate surface area is 159 Å². The molecule has 1 amide bonds. The molecule has 2 N–H and O–H groups in total. The van der Waals surface area contributed by atoms with Gasteiger partial charge in [0.1, 0.15) is 10.7 Å². The molecule has 1 saturated carbocycles. The molecule has 2 aromatic carbocycles. The Bertz CT molecular complexity index is 898. The van der Waals surface area contributed by atoms with E-state index < -0.39 is 32.7 Å². The van der Waals surface area contributed by atoms with E-state index in [1.165, 1.54) is 25.1 Å². The molecule has 144 valence electrons. The zero-order valence-corrected chi connectivity index (χ0v) is 15.9. The lowest BCUT2D eigenvalue weighted by atomic mass is 10.0. The third-order valence-corrected chi connectivity index (χ3v) is 6.24. The SMILES string of the molecule is C[C@H](NS(=O)(=O)c1ccccc1F)C(=O)NC(Cc1ccccc1)C1CC1. The van der Waals surface area contributed by atoms with Crippen molar-refractivity contribution in [2.24, 2.45) is 5.92 Å². The molecule has 0 heterocycles. The van der Waals surface area contributed by atoms with E-state index in [9.17, 15) is 17.6 Å². The molecule has 0 bridgehead atoms. The first kappa shape index (κ1) is 19.5. The van der Waals surface area contributed by atoms with Crippen molar-refractivity contribution in [2.75, 3.05) is 0 Å². The predicted molar refractivity (Wildman–Crippen MR) is 101 cm³/mol. The van der Waals surface area contributed by atoms with Crippen LogP contribution in [0.5, 0.6) is 0 Å². The highest BCUT2D eigenvalue weighted by Gasteiger charge is 2.34. The Hall–Kier alpha value is -2.25. The van der Waals surface area contributed by atoms with Gasteiger partial charge in [-0.05, 0) is 49.8 Å². The number of hydrogen-bond acceptors (Lipinski definition) is 3. The highest BCUT2D eigenvalue weighted by atomic mass is 32.2. The van der Waals surface area contributed by atoms with Crippen LogP contribution in [-0.4, -0.2) is 26.4 Å². The van der Waals surface area contributed by atoms with Gasteiger partial charge in [0.05, 0.1) is 6.04 Å². The van der Waals surface area contributed by atoms with Crippen molar-refractivity contribution >= 4 is 15.9 Å². The maximum absolute atomic E-state index is 13.8. The molecule has 5 nitrogen and oxygen atoms in total. The first-order valence-electron chi connectivity index (χ1n) is 8.98. The first-order chi connectivity index (χ1) is 12.9. The monoisotopic (exact) mass is 390 g/mol. The van der Waals surface area contributed by atoms with Crippen LogP contribution >= 0.6 is 0 Å². The Balaban J connectivity index is 1.65. The van der Waals surface area contributed by atoms with Crippen molar-refractivity contribution < 1.29 is 17.6 Å². The molecular formula is C20H23FN2O3S. The van der Waals surface area contributed by atoms with Crippen LogP contribution in [0.4, 0.5) is 4.39 Å².